The second-order valence-corrected chi connectivity index (χ2v) is 3.49. The van der Waals surface area contributed by atoms with Crippen molar-refractivity contribution < 1.29 is 14.2 Å². The summed E-state index contributed by atoms with van der Waals surface area (Å²) in [4.78, 5) is 4.06. The lowest BCUT2D eigenvalue weighted by Gasteiger charge is -2.13. The number of methoxy groups -OCH3 is 2. The molecule has 0 saturated heterocycles. The molecule has 5 heteroatoms. The smallest absolute Gasteiger partial charge is 0.242 e. The van der Waals surface area contributed by atoms with E-state index in [1.54, 1.807) is 50.7 Å². The maximum absolute atomic E-state index is 5.77. The molecule has 1 aromatic carbocycles. The average molecular weight is 246 g/mol. The van der Waals surface area contributed by atoms with E-state index in [9.17, 15) is 0 Å². The van der Waals surface area contributed by atoms with Crippen LogP contribution in [0.2, 0.25) is 0 Å². The van der Waals surface area contributed by atoms with Crippen molar-refractivity contribution in [3.05, 3.63) is 36.5 Å². The first-order chi connectivity index (χ1) is 8.76. The van der Waals surface area contributed by atoms with E-state index in [-0.39, 0.29) is 0 Å². The fourth-order valence-electron chi connectivity index (χ4n) is 1.53. The number of hydrogen-bond donors (Lipinski definition) is 1. The molecule has 18 heavy (non-hydrogen) atoms. The number of pyridine rings is 1. The topological polar surface area (TPSA) is 66.6 Å². The Morgan fingerprint density at radius 3 is 2.44 bits per heavy atom. The summed E-state index contributed by atoms with van der Waals surface area (Å²) in [6, 6.07) is 8.80. The van der Waals surface area contributed by atoms with Gasteiger partial charge >= 0.3 is 0 Å². The van der Waals surface area contributed by atoms with Crippen molar-refractivity contribution in [3.8, 4) is 23.1 Å². The minimum absolute atomic E-state index is 0.337. The van der Waals surface area contributed by atoms with Gasteiger partial charge in [0.2, 0.25) is 11.6 Å². The Morgan fingerprint density at radius 2 is 1.78 bits per heavy atom. The highest BCUT2D eigenvalue weighted by atomic mass is 16.5. The third kappa shape index (κ3) is 2.29. The van der Waals surface area contributed by atoms with Gasteiger partial charge in [0.15, 0.2) is 11.5 Å². The third-order valence-corrected chi connectivity index (χ3v) is 2.37. The zero-order valence-electron chi connectivity index (χ0n) is 10.2. The molecule has 0 radical (unpaired) electrons. The molecule has 0 aliphatic carbocycles. The molecule has 94 valence electrons. The van der Waals surface area contributed by atoms with Crippen molar-refractivity contribution in [1.29, 1.82) is 0 Å². The number of benzene rings is 1. The standard InChI is InChI=1S/C13H14N2O3/c1-16-10-6-3-7-11(12(10)17-2)18-13-9(14)5-4-8-15-13/h3-8H,14H2,1-2H3. The van der Waals surface area contributed by atoms with Crippen LogP contribution in [0.25, 0.3) is 0 Å². The average Bonchev–Trinajstić information content (AvgIpc) is 2.41. The molecule has 0 unspecified atom stereocenters. The van der Waals surface area contributed by atoms with Gasteiger partial charge in [-0.05, 0) is 24.3 Å². The first-order valence-corrected chi connectivity index (χ1v) is 5.35. The van der Waals surface area contributed by atoms with E-state index in [1.165, 1.54) is 0 Å². The van der Waals surface area contributed by atoms with Crippen molar-refractivity contribution >= 4 is 5.69 Å². The van der Waals surface area contributed by atoms with E-state index >= 15 is 0 Å². The van der Waals surface area contributed by atoms with Crippen LogP contribution >= 0.6 is 0 Å². The largest absolute Gasteiger partial charge is 0.493 e. The Morgan fingerprint density at radius 1 is 1.00 bits per heavy atom. The van der Waals surface area contributed by atoms with Crippen LogP contribution in [0.1, 0.15) is 0 Å². The number of nitrogens with zero attached hydrogens (tertiary/aromatic N) is 1. The van der Waals surface area contributed by atoms with Gasteiger partial charge in [0, 0.05) is 6.20 Å². The minimum Gasteiger partial charge on any atom is -0.493 e. The van der Waals surface area contributed by atoms with Gasteiger partial charge in [-0.2, -0.15) is 0 Å². The first-order valence-electron chi connectivity index (χ1n) is 5.35. The lowest BCUT2D eigenvalue weighted by molar-refractivity contribution is 0.334. The van der Waals surface area contributed by atoms with E-state index in [2.05, 4.69) is 4.98 Å². The Balaban J connectivity index is 2.37. The molecule has 0 aliphatic heterocycles. The Bertz CT molecular complexity index is 544. The minimum atomic E-state index is 0.337. The monoisotopic (exact) mass is 246 g/mol. The van der Waals surface area contributed by atoms with Gasteiger partial charge in [-0.15, -0.1) is 0 Å². The summed E-state index contributed by atoms with van der Waals surface area (Å²) in [5.41, 5.74) is 6.23. The maximum Gasteiger partial charge on any atom is 0.242 e. The first kappa shape index (κ1) is 12.0. The zero-order chi connectivity index (χ0) is 13.0. The Kier molecular flexibility index (Phi) is 3.52. The number of ether oxygens (including phenoxy) is 3. The lowest BCUT2D eigenvalue weighted by atomic mass is 10.3. The van der Waals surface area contributed by atoms with Crippen molar-refractivity contribution in [2.45, 2.75) is 0 Å². The SMILES string of the molecule is COc1cccc(Oc2ncccc2N)c1OC. The van der Waals surface area contributed by atoms with E-state index in [0.717, 1.165) is 0 Å². The Labute approximate surface area is 105 Å². The van der Waals surface area contributed by atoms with Crippen LogP contribution in [0, 0.1) is 0 Å². The quantitative estimate of drug-likeness (QED) is 0.897. The molecule has 0 saturated carbocycles. The third-order valence-electron chi connectivity index (χ3n) is 2.37. The highest BCUT2D eigenvalue weighted by Crippen LogP contribution is 2.39. The summed E-state index contributed by atoms with van der Waals surface area (Å²) in [6.45, 7) is 0. The second-order valence-electron chi connectivity index (χ2n) is 3.49. The molecular formula is C13H14N2O3. The molecule has 2 rings (SSSR count). The van der Waals surface area contributed by atoms with Crippen LogP contribution in [0.15, 0.2) is 36.5 Å². The molecule has 2 N–H and O–H groups in total. The summed E-state index contributed by atoms with van der Waals surface area (Å²) < 4.78 is 16.1. The summed E-state index contributed by atoms with van der Waals surface area (Å²) >= 11 is 0. The van der Waals surface area contributed by atoms with Crippen molar-refractivity contribution in [1.82, 2.24) is 4.98 Å². The van der Waals surface area contributed by atoms with Gasteiger partial charge in [0.25, 0.3) is 0 Å². The summed E-state index contributed by atoms with van der Waals surface area (Å²) in [5, 5.41) is 0. The van der Waals surface area contributed by atoms with Crippen LogP contribution in [0.5, 0.6) is 23.1 Å². The maximum atomic E-state index is 5.77. The molecule has 0 amide bonds. The predicted molar refractivity (Wildman–Crippen MR) is 68.3 cm³/mol. The predicted octanol–water partition coefficient (Wildman–Crippen LogP) is 2.47. The van der Waals surface area contributed by atoms with E-state index in [4.69, 9.17) is 19.9 Å². The number of rotatable bonds is 4. The molecule has 0 atom stereocenters. The van der Waals surface area contributed by atoms with Gasteiger partial charge in [0.05, 0.1) is 19.9 Å². The van der Waals surface area contributed by atoms with Crippen molar-refractivity contribution in [2.75, 3.05) is 20.0 Å². The van der Waals surface area contributed by atoms with Gasteiger partial charge in [-0.25, -0.2) is 4.98 Å². The van der Waals surface area contributed by atoms with Gasteiger partial charge in [-0.1, -0.05) is 6.07 Å². The van der Waals surface area contributed by atoms with Crippen LogP contribution in [-0.4, -0.2) is 19.2 Å². The Hall–Kier alpha value is -2.43. The second kappa shape index (κ2) is 5.27. The van der Waals surface area contributed by atoms with Crippen LogP contribution in [0.4, 0.5) is 5.69 Å². The normalized spacial score (nSPS) is 9.89. The highest BCUT2D eigenvalue weighted by Gasteiger charge is 2.13. The van der Waals surface area contributed by atoms with E-state index < -0.39 is 0 Å². The number of nitrogen functional groups attached to an aromatic ring is 1. The summed E-state index contributed by atoms with van der Waals surface area (Å²) in [7, 11) is 3.11. The van der Waals surface area contributed by atoms with Gasteiger partial charge < -0.3 is 19.9 Å². The number of hydrogen-bond acceptors (Lipinski definition) is 5. The van der Waals surface area contributed by atoms with E-state index in [0.29, 0.717) is 28.8 Å². The number of para-hydroxylation sites is 1. The molecule has 2 aromatic rings. The molecule has 1 heterocycles. The molecule has 0 spiro atoms. The number of nitrogens with two attached hydrogens (primary N) is 1. The van der Waals surface area contributed by atoms with Gasteiger partial charge in [0.1, 0.15) is 0 Å². The fraction of sp³-hybridized carbons (Fsp3) is 0.154. The number of aromatic nitrogens is 1. The van der Waals surface area contributed by atoms with Crippen LogP contribution in [-0.2, 0) is 0 Å². The summed E-state index contributed by atoms with van der Waals surface area (Å²) in [5.74, 6) is 1.93. The zero-order valence-corrected chi connectivity index (χ0v) is 10.2. The summed E-state index contributed by atoms with van der Waals surface area (Å²) in [6.07, 6.45) is 1.61. The molecule has 0 fully saturated rings. The fourth-order valence-corrected chi connectivity index (χ4v) is 1.53. The van der Waals surface area contributed by atoms with Crippen LogP contribution < -0.4 is 19.9 Å². The molecule has 1 aromatic heterocycles. The van der Waals surface area contributed by atoms with Gasteiger partial charge in [-0.3, -0.25) is 0 Å². The molecule has 0 aliphatic rings. The number of anilines is 1. The van der Waals surface area contributed by atoms with Crippen molar-refractivity contribution in [3.63, 3.8) is 0 Å². The molecule has 5 nitrogen and oxygen atoms in total. The molecule has 0 bridgehead atoms. The highest BCUT2D eigenvalue weighted by molar-refractivity contribution is 5.55. The molecular weight excluding hydrogens is 232 g/mol. The van der Waals surface area contributed by atoms with Crippen molar-refractivity contribution in [2.24, 2.45) is 0 Å². The van der Waals surface area contributed by atoms with E-state index in [1.807, 2.05) is 0 Å². The van der Waals surface area contributed by atoms with Crippen LogP contribution in [0.3, 0.4) is 0 Å². The lowest BCUT2D eigenvalue weighted by Crippen LogP contribution is -1.97.